The third kappa shape index (κ3) is 3.12. The molecular weight excluding hydrogens is 361 g/mol. The highest BCUT2D eigenvalue weighted by Crippen LogP contribution is 2.26. The summed E-state index contributed by atoms with van der Waals surface area (Å²) in [4.78, 5) is 0. The van der Waals surface area contributed by atoms with Crippen LogP contribution in [-0.2, 0) is 6.54 Å². The van der Waals surface area contributed by atoms with Crippen LogP contribution < -0.4 is 5.32 Å². The van der Waals surface area contributed by atoms with E-state index in [1.807, 2.05) is 25.1 Å². The summed E-state index contributed by atoms with van der Waals surface area (Å²) in [5, 5.41) is 3.29. The molecule has 0 aromatic heterocycles. The van der Waals surface area contributed by atoms with Crippen molar-refractivity contribution in [3.8, 4) is 0 Å². The third-order valence-corrected chi connectivity index (χ3v) is 4.20. The summed E-state index contributed by atoms with van der Waals surface area (Å²) >= 11 is 6.75. The molecule has 4 heteroatoms. The van der Waals surface area contributed by atoms with Gasteiger partial charge in [-0.2, -0.15) is 0 Å². The monoisotopic (exact) mass is 371 g/mol. The normalized spacial score (nSPS) is 10.4. The van der Waals surface area contributed by atoms with Crippen molar-refractivity contribution in [2.24, 2.45) is 0 Å². The Labute approximate surface area is 123 Å². The molecule has 94 valence electrons. The van der Waals surface area contributed by atoms with E-state index in [1.165, 1.54) is 11.6 Å². The molecule has 0 unspecified atom stereocenters. The predicted octanol–water partition coefficient (Wildman–Crippen LogP) is 5.27. The molecule has 0 saturated carbocycles. The van der Waals surface area contributed by atoms with E-state index in [0.29, 0.717) is 11.0 Å². The van der Waals surface area contributed by atoms with Crippen molar-refractivity contribution in [3.63, 3.8) is 0 Å². The Balaban J connectivity index is 2.16. The molecule has 2 rings (SSSR count). The van der Waals surface area contributed by atoms with Crippen LogP contribution in [0.2, 0.25) is 0 Å². The topological polar surface area (TPSA) is 12.0 Å². The molecule has 0 saturated heterocycles. The fourth-order valence-corrected chi connectivity index (χ4v) is 2.44. The summed E-state index contributed by atoms with van der Waals surface area (Å²) < 4.78 is 14.9. The molecule has 2 aromatic carbocycles. The summed E-state index contributed by atoms with van der Waals surface area (Å²) in [6, 6.07) is 11.1. The molecule has 0 amide bonds. The first kappa shape index (κ1) is 13.6. The lowest BCUT2D eigenvalue weighted by atomic mass is 10.2. The van der Waals surface area contributed by atoms with Crippen LogP contribution in [0, 0.1) is 12.7 Å². The van der Waals surface area contributed by atoms with E-state index in [-0.39, 0.29) is 5.82 Å². The van der Waals surface area contributed by atoms with Crippen LogP contribution in [0.25, 0.3) is 0 Å². The second kappa shape index (κ2) is 5.85. The highest BCUT2D eigenvalue weighted by atomic mass is 79.9. The van der Waals surface area contributed by atoms with E-state index >= 15 is 0 Å². The smallest absolute Gasteiger partial charge is 0.137 e. The minimum atomic E-state index is -0.238. The molecule has 0 spiro atoms. The third-order valence-electron chi connectivity index (χ3n) is 2.62. The molecule has 0 bridgehead atoms. The lowest BCUT2D eigenvalue weighted by molar-refractivity contribution is 0.618. The van der Waals surface area contributed by atoms with E-state index in [2.05, 4.69) is 43.2 Å². The van der Waals surface area contributed by atoms with Crippen LogP contribution in [0.3, 0.4) is 0 Å². The van der Waals surface area contributed by atoms with E-state index in [1.54, 1.807) is 6.07 Å². The number of rotatable bonds is 3. The molecule has 1 nitrogen and oxygen atoms in total. The van der Waals surface area contributed by atoms with Crippen molar-refractivity contribution >= 4 is 37.5 Å². The van der Waals surface area contributed by atoms with Crippen molar-refractivity contribution in [2.75, 3.05) is 5.32 Å². The fraction of sp³-hybridized carbons (Fsp3) is 0.143. The molecule has 0 fully saturated rings. The van der Waals surface area contributed by atoms with Gasteiger partial charge in [0.25, 0.3) is 0 Å². The summed E-state index contributed by atoms with van der Waals surface area (Å²) in [5.41, 5.74) is 3.08. The molecule has 0 aliphatic carbocycles. The van der Waals surface area contributed by atoms with Gasteiger partial charge in [0.15, 0.2) is 0 Å². The van der Waals surface area contributed by atoms with Crippen molar-refractivity contribution in [2.45, 2.75) is 13.5 Å². The van der Waals surface area contributed by atoms with Crippen molar-refractivity contribution in [3.05, 3.63) is 62.3 Å². The Bertz CT molecular complexity index is 568. The molecule has 0 atom stereocenters. The molecule has 2 aromatic rings. The molecule has 0 aliphatic rings. The highest BCUT2D eigenvalue weighted by molar-refractivity contribution is 9.11. The standard InChI is InChI=1S/C14H12Br2FN/c1-9-5-6-11(15)13(7-9)18-8-10-3-2-4-12(17)14(10)16/h2-7,18H,8H2,1H3. The number of hydrogen-bond acceptors (Lipinski definition) is 1. The number of nitrogens with one attached hydrogen (secondary N) is 1. The van der Waals surface area contributed by atoms with Crippen LogP contribution in [-0.4, -0.2) is 0 Å². The largest absolute Gasteiger partial charge is 0.380 e. The number of aryl methyl sites for hydroxylation is 1. The quantitative estimate of drug-likeness (QED) is 0.773. The Morgan fingerprint density at radius 2 is 1.94 bits per heavy atom. The van der Waals surface area contributed by atoms with Gasteiger partial charge < -0.3 is 5.32 Å². The van der Waals surface area contributed by atoms with Gasteiger partial charge >= 0.3 is 0 Å². The Hall–Kier alpha value is -0.870. The van der Waals surface area contributed by atoms with Crippen LogP contribution in [0.1, 0.15) is 11.1 Å². The number of hydrogen-bond donors (Lipinski definition) is 1. The van der Waals surface area contributed by atoms with E-state index in [4.69, 9.17) is 0 Å². The van der Waals surface area contributed by atoms with Crippen molar-refractivity contribution < 1.29 is 4.39 Å². The highest BCUT2D eigenvalue weighted by Gasteiger charge is 2.06. The molecule has 1 N–H and O–H groups in total. The Kier molecular flexibility index (Phi) is 4.40. The maximum atomic E-state index is 13.4. The second-order valence-corrected chi connectivity index (χ2v) is 5.70. The number of benzene rings is 2. The van der Waals surface area contributed by atoms with E-state index < -0.39 is 0 Å². The minimum absolute atomic E-state index is 0.238. The van der Waals surface area contributed by atoms with Gasteiger partial charge in [-0.15, -0.1) is 0 Å². The fourth-order valence-electron chi connectivity index (χ4n) is 1.65. The van der Waals surface area contributed by atoms with Gasteiger partial charge in [-0.05, 0) is 68.1 Å². The van der Waals surface area contributed by atoms with Crippen molar-refractivity contribution in [1.82, 2.24) is 0 Å². The molecule has 0 aliphatic heterocycles. The van der Waals surface area contributed by atoms with E-state index in [9.17, 15) is 4.39 Å². The van der Waals surface area contributed by atoms with Gasteiger partial charge in [0, 0.05) is 16.7 Å². The average molecular weight is 373 g/mol. The average Bonchev–Trinajstić information content (AvgIpc) is 2.35. The Morgan fingerprint density at radius 3 is 2.72 bits per heavy atom. The predicted molar refractivity (Wildman–Crippen MR) is 80.3 cm³/mol. The first-order valence-electron chi connectivity index (χ1n) is 5.51. The summed E-state index contributed by atoms with van der Waals surface area (Å²) in [6.45, 7) is 2.61. The molecular formula is C14H12Br2FN. The minimum Gasteiger partial charge on any atom is -0.380 e. The molecule has 18 heavy (non-hydrogen) atoms. The summed E-state index contributed by atoms with van der Waals surface area (Å²) in [7, 11) is 0. The summed E-state index contributed by atoms with van der Waals surface area (Å²) in [5.74, 6) is -0.238. The first-order chi connectivity index (χ1) is 8.58. The van der Waals surface area contributed by atoms with Gasteiger partial charge in [0.05, 0.1) is 4.47 Å². The zero-order valence-electron chi connectivity index (χ0n) is 9.81. The van der Waals surface area contributed by atoms with E-state index in [0.717, 1.165) is 15.7 Å². The second-order valence-electron chi connectivity index (χ2n) is 4.05. The lowest BCUT2D eigenvalue weighted by Gasteiger charge is -2.11. The lowest BCUT2D eigenvalue weighted by Crippen LogP contribution is -2.02. The SMILES string of the molecule is Cc1ccc(Br)c(NCc2cccc(F)c2Br)c1. The maximum absolute atomic E-state index is 13.4. The van der Waals surface area contributed by atoms with Gasteiger partial charge in [-0.3, -0.25) is 0 Å². The molecule has 0 heterocycles. The zero-order chi connectivity index (χ0) is 13.1. The Morgan fingerprint density at radius 1 is 1.17 bits per heavy atom. The summed E-state index contributed by atoms with van der Waals surface area (Å²) in [6.07, 6.45) is 0. The molecule has 0 radical (unpaired) electrons. The van der Waals surface area contributed by atoms with Gasteiger partial charge in [0.2, 0.25) is 0 Å². The maximum Gasteiger partial charge on any atom is 0.137 e. The van der Waals surface area contributed by atoms with Crippen molar-refractivity contribution in [1.29, 1.82) is 0 Å². The van der Waals surface area contributed by atoms with Crippen LogP contribution in [0.15, 0.2) is 45.3 Å². The number of halogens is 3. The van der Waals surface area contributed by atoms with Gasteiger partial charge in [-0.25, -0.2) is 4.39 Å². The van der Waals surface area contributed by atoms with Crippen LogP contribution in [0.4, 0.5) is 10.1 Å². The zero-order valence-corrected chi connectivity index (χ0v) is 13.0. The van der Waals surface area contributed by atoms with Gasteiger partial charge in [0.1, 0.15) is 5.82 Å². The van der Waals surface area contributed by atoms with Gasteiger partial charge in [-0.1, -0.05) is 18.2 Å². The first-order valence-corrected chi connectivity index (χ1v) is 7.09. The van der Waals surface area contributed by atoms with Crippen LogP contribution >= 0.6 is 31.9 Å². The number of anilines is 1. The van der Waals surface area contributed by atoms with Crippen LogP contribution in [0.5, 0.6) is 0 Å².